The summed E-state index contributed by atoms with van der Waals surface area (Å²) in [5.41, 5.74) is 4.00. The number of benzene rings is 2. The summed E-state index contributed by atoms with van der Waals surface area (Å²) in [6, 6.07) is 16.0. The summed E-state index contributed by atoms with van der Waals surface area (Å²) in [7, 11) is 0. The molecule has 2 aromatic carbocycles. The first-order valence-electron chi connectivity index (χ1n) is 9.54. The molecule has 0 N–H and O–H groups in total. The summed E-state index contributed by atoms with van der Waals surface area (Å²) in [5.74, 6) is -0.0563. The maximum absolute atomic E-state index is 12.3. The number of esters is 1. The molecule has 2 aromatic rings. The van der Waals surface area contributed by atoms with Gasteiger partial charge in [-0.15, -0.1) is 0 Å². The van der Waals surface area contributed by atoms with Crippen molar-refractivity contribution in [3.8, 4) is 0 Å². The van der Waals surface area contributed by atoms with Crippen molar-refractivity contribution in [3.05, 3.63) is 70.8 Å². The molecule has 1 aliphatic heterocycles. The van der Waals surface area contributed by atoms with Gasteiger partial charge in [0.15, 0.2) is 0 Å². The predicted molar refractivity (Wildman–Crippen MR) is 106 cm³/mol. The number of rotatable bonds is 6. The number of carbonyl (C=O) groups is 2. The molecule has 0 amide bonds. The molecule has 1 aliphatic rings. The van der Waals surface area contributed by atoms with Crippen molar-refractivity contribution in [2.75, 3.05) is 19.7 Å². The Balaban J connectivity index is 1.86. The summed E-state index contributed by atoms with van der Waals surface area (Å²) < 4.78 is 5.14. The van der Waals surface area contributed by atoms with Crippen LogP contribution in [0.25, 0.3) is 0 Å². The topological polar surface area (TPSA) is 46.6 Å². The van der Waals surface area contributed by atoms with Crippen molar-refractivity contribution in [1.29, 1.82) is 0 Å². The summed E-state index contributed by atoms with van der Waals surface area (Å²) in [5, 5.41) is 0. The molecule has 27 heavy (non-hydrogen) atoms. The number of hydrogen-bond donors (Lipinski definition) is 0. The molecule has 0 radical (unpaired) electrons. The largest absolute Gasteiger partial charge is 0.462 e. The number of carbonyl (C=O) groups excluding carboxylic acids is 2. The van der Waals surface area contributed by atoms with Gasteiger partial charge in [0.05, 0.1) is 12.2 Å². The summed E-state index contributed by atoms with van der Waals surface area (Å²) in [6.45, 7) is 8.26. The maximum Gasteiger partial charge on any atom is 0.338 e. The van der Waals surface area contributed by atoms with Crippen molar-refractivity contribution < 1.29 is 14.3 Å². The van der Waals surface area contributed by atoms with Gasteiger partial charge >= 0.3 is 5.97 Å². The molecule has 0 bridgehead atoms. The number of Topliss-reactive ketones (excluding diaryl/α,β-unsaturated/α-hetero) is 1. The van der Waals surface area contributed by atoms with Crippen LogP contribution in [0.15, 0.2) is 48.5 Å². The molecule has 4 nitrogen and oxygen atoms in total. The van der Waals surface area contributed by atoms with Gasteiger partial charge in [-0.25, -0.2) is 4.79 Å². The minimum absolute atomic E-state index is 0.0511. The van der Waals surface area contributed by atoms with Crippen LogP contribution in [0.4, 0.5) is 0 Å². The van der Waals surface area contributed by atoms with E-state index in [0.29, 0.717) is 12.2 Å². The fourth-order valence-electron chi connectivity index (χ4n) is 3.96. The summed E-state index contributed by atoms with van der Waals surface area (Å²) >= 11 is 0. The van der Waals surface area contributed by atoms with E-state index in [4.69, 9.17) is 4.74 Å². The third-order valence-electron chi connectivity index (χ3n) is 5.36. The van der Waals surface area contributed by atoms with E-state index in [1.165, 1.54) is 5.56 Å². The van der Waals surface area contributed by atoms with Crippen LogP contribution >= 0.6 is 0 Å². The molecular weight excluding hydrogens is 338 g/mol. The Morgan fingerprint density at radius 3 is 2.52 bits per heavy atom. The average Bonchev–Trinajstić information content (AvgIpc) is 3.07. The van der Waals surface area contributed by atoms with E-state index in [1.807, 2.05) is 37.3 Å². The SMILES string of the molecule is CCOC(=O)c1ccc(C)c([C@@H]2CN(Cc3ccccc3)C[C@H]2C(C)=O)c1. The van der Waals surface area contributed by atoms with Gasteiger partial charge in [0.1, 0.15) is 5.78 Å². The van der Waals surface area contributed by atoms with Gasteiger partial charge in [-0.3, -0.25) is 9.69 Å². The van der Waals surface area contributed by atoms with E-state index in [-0.39, 0.29) is 23.6 Å². The molecule has 0 unspecified atom stereocenters. The highest BCUT2D eigenvalue weighted by Crippen LogP contribution is 2.36. The molecule has 4 heteroatoms. The van der Waals surface area contributed by atoms with Crippen LogP contribution in [0.2, 0.25) is 0 Å². The van der Waals surface area contributed by atoms with Gasteiger partial charge in [-0.2, -0.15) is 0 Å². The second-order valence-corrected chi connectivity index (χ2v) is 7.30. The van der Waals surface area contributed by atoms with E-state index in [0.717, 1.165) is 30.8 Å². The Morgan fingerprint density at radius 1 is 1.11 bits per heavy atom. The van der Waals surface area contributed by atoms with E-state index in [1.54, 1.807) is 19.9 Å². The van der Waals surface area contributed by atoms with Crippen LogP contribution in [0.1, 0.15) is 46.8 Å². The zero-order valence-corrected chi connectivity index (χ0v) is 16.3. The van der Waals surface area contributed by atoms with Crippen LogP contribution in [-0.2, 0) is 16.1 Å². The van der Waals surface area contributed by atoms with Crippen molar-refractivity contribution in [1.82, 2.24) is 4.90 Å². The minimum Gasteiger partial charge on any atom is -0.462 e. The Kier molecular flexibility index (Phi) is 6.07. The summed E-state index contributed by atoms with van der Waals surface area (Å²) in [4.78, 5) is 26.8. The zero-order valence-electron chi connectivity index (χ0n) is 16.3. The van der Waals surface area contributed by atoms with Gasteiger partial charge < -0.3 is 4.74 Å². The lowest BCUT2D eigenvalue weighted by Gasteiger charge is -2.19. The number of hydrogen-bond acceptors (Lipinski definition) is 4. The smallest absolute Gasteiger partial charge is 0.338 e. The Bertz CT molecular complexity index is 816. The molecule has 0 saturated carbocycles. The lowest BCUT2D eigenvalue weighted by molar-refractivity contribution is -0.120. The number of likely N-dealkylation sites (tertiary alicyclic amines) is 1. The van der Waals surface area contributed by atoms with Crippen molar-refractivity contribution in [2.45, 2.75) is 33.2 Å². The number of nitrogens with zero attached hydrogens (tertiary/aromatic N) is 1. The monoisotopic (exact) mass is 365 g/mol. The maximum atomic E-state index is 12.3. The van der Waals surface area contributed by atoms with Gasteiger partial charge in [-0.1, -0.05) is 36.4 Å². The molecule has 0 spiro atoms. The Labute approximate surface area is 161 Å². The van der Waals surface area contributed by atoms with Gasteiger partial charge in [0.25, 0.3) is 0 Å². The molecular formula is C23H27NO3. The van der Waals surface area contributed by atoms with Crippen LogP contribution in [0.5, 0.6) is 0 Å². The number of ketones is 1. The second kappa shape index (κ2) is 8.49. The highest BCUT2D eigenvalue weighted by atomic mass is 16.5. The first-order chi connectivity index (χ1) is 13.0. The highest BCUT2D eigenvalue weighted by Gasteiger charge is 2.37. The second-order valence-electron chi connectivity index (χ2n) is 7.30. The fraction of sp³-hybridized carbons (Fsp3) is 0.391. The van der Waals surface area contributed by atoms with E-state index < -0.39 is 0 Å². The van der Waals surface area contributed by atoms with Gasteiger partial charge in [0, 0.05) is 31.5 Å². The first kappa shape index (κ1) is 19.3. The Morgan fingerprint density at radius 2 is 1.85 bits per heavy atom. The molecule has 0 aromatic heterocycles. The third-order valence-corrected chi connectivity index (χ3v) is 5.36. The molecule has 1 saturated heterocycles. The van der Waals surface area contributed by atoms with Crippen LogP contribution < -0.4 is 0 Å². The molecule has 2 atom stereocenters. The number of aryl methyl sites for hydroxylation is 1. The third kappa shape index (κ3) is 4.45. The van der Waals surface area contributed by atoms with E-state index in [9.17, 15) is 9.59 Å². The van der Waals surface area contributed by atoms with Gasteiger partial charge in [0.2, 0.25) is 0 Å². The summed E-state index contributed by atoms with van der Waals surface area (Å²) in [6.07, 6.45) is 0. The molecule has 142 valence electrons. The van der Waals surface area contributed by atoms with Crippen LogP contribution in [0.3, 0.4) is 0 Å². The predicted octanol–water partition coefficient (Wildman–Crippen LogP) is 3.98. The lowest BCUT2D eigenvalue weighted by Crippen LogP contribution is -2.22. The first-order valence-corrected chi connectivity index (χ1v) is 9.54. The zero-order chi connectivity index (χ0) is 19.4. The normalized spacial score (nSPS) is 19.8. The molecule has 3 rings (SSSR count). The van der Waals surface area contributed by atoms with Crippen molar-refractivity contribution in [3.63, 3.8) is 0 Å². The van der Waals surface area contributed by atoms with E-state index in [2.05, 4.69) is 17.0 Å². The van der Waals surface area contributed by atoms with Crippen LogP contribution in [0, 0.1) is 12.8 Å². The van der Waals surface area contributed by atoms with Crippen molar-refractivity contribution >= 4 is 11.8 Å². The van der Waals surface area contributed by atoms with Gasteiger partial charge in [-0.05, 0) is 49.6 Å². The quantitative estimate of drug-likeness (QED) is 0.727. The van der Waals surface area contributed by atoms with Crippen LogP contribution in [-0.4, -0.2) is 36.3 Å². The van der Waals surface area contributed by atoms with Crippen molar-refractivity contribution in [2.24, 2.45) is 5.92 Å². The molecule has 1 fully saturated rings. The molecule has 1 heterocycles. The lowest BCUT2D eigenvalue weighted by atomic mass is 9.84. The minimum atomic E-state index is -0.308. The fourth-order valence-corrected chi connectivity index (χ4v) is 3.96. The highest BCUT2D eigenvalue weighted by molar-refractivity contribution is 5.90. The standard InChI is InChI=1S/C23H27NO3/c1-4-27-23(26)19-11-10-16(2)20(12-19)22-15-24(14-21(22)17(3)25)13-18-8-6-5-7-9-18/h5-12,21-22H,4,13-15H2,1-3H3/t21-,22-/m0/s1. The van der Waals surface area contributed by atoms with E-state index >= 15 is 0 Å². The average molecular weight is 365 g/mol. The molecule has 0 aliphatic carbocycles. The number of ether oxygens (including phenoxy) is 1. The Hall–Kier alpha value is -2.46.